The minimum Gasteiger partial charge on any atom is -0.344 e. The molecule has 0 bridgehead atoms. The highest BCUT2D eigenvalue weighted by atomic mass is 16.7. The predicted molar refractivity (Wildman–Crippen MR) is 94.2 cm³/mol. The lowest BCUT2D eigenvalue weighted by molar-refractivity contribution is -0.323. The van der Waals surface area contributed by atoms with Crippen LogP contribution in [-0.2, 0) is 4.79 Å². The molecule has 0 heterocycles. The number of fused-ring (bicyclic) bond motifs is 5. The van der Waals surface area contributed by atoms with E-state index in [9.17, 15) is 20.1 Å². The summed E-state index contributed by atoms with van der Waals surface area (Å²) in [6, 6.07) is 0. The molecule has 0 spiro atoms. The minimum absolute atomic E-state index is 0.0132. The van der Waals surface area contributed by atoms with Gasteiger partial charge in [-0.3, -0.25) is 4.79 Å². The maximum Gasteiger partial charge on any atom is 0.275 e. The van der Waals surface area contributed by atoms with Gasteiger partial charge in [0.1, 0.15) is 5.78 Å². The van der Waals surface area contributed by atoms with Crippen LogP contribution in [0.5, 0.6) is 0 Å². The first-order valence-corrected chi connectivity index (χ1v) is 10.3. The summed E-state index contributed by atoms with van der Waals surface area (Å²) in [7, 11) is 0. The van der Waals surface area contributed by atoms with Crippen molar-refractivity contribution in [2.24, 2.45) is 40.4 Å². The molecule has 25 heavy (non-hydrogen) atoms. The average molecular weight is 350 g/mol. The molecule has 7 atom stereocenters. The number of Topliss-reactive ketones (excluding diaryl/α,β-unsaturated/α-hetero) is 1. The van der Waals surface area contributed by atoms with Gasteiger partial charge in [-0.15, -0.1) is 0 Å². The van der Waals surface area contributed by atoms with Gasteiger partial charge in [0.2, 0.25) is 0 Å². The van der Waals surface area contributed by atoms with E-state index in [2.05, 4.69) is 13.8 Å². The molecule has 7 unspecified atom stereocenters. The molecule has 4 saturated carbocycles. The molecule has 0 amide bonds. The predicted octanol–water partition coefficient (Wildman–Crippen LogP) is 3.24. The number of carbonyl (C=O) groups is 1. The largest absolute Gasteiger partial charge is 0.344 e. The Kier molecular flexibility index (Phi) is 4.14. The Morgan fingerprint density at radius 1 is 1.00 bits per heavy atom. The van der Waals surface area contributed by atoms with E-state index in [1.807, 2.05) is 0 Å². The van der Waals surface area contributed by atoms with Crippen molar-refractivity contribution < 1.29 is 20.1 Å². The lowest BCUT2D eigenvalue weighted by atomic mass is 9.44. The standard InChI is InChI=1S/C21H34O4/c1-19-10-4-3-5-13(19)6-8-15-16-9-7-14(11-21(23,24)25)20(16,2)12-17(22)18(15)19/h13-16,18,23-25H,3-12H2,1-2H3. The smallest absolute Gasteiger partial charge is 0.275 e. The molecule has 4 heteroatoms. The van der Waals surface area contributed by atoms with Crippen molar-refractivity contribution in [1.82, 2.24) is 0 Å². The SMILES string of the molecule is CC12CC(=O)C3C(CCC4CCCCC43C)C1CCC2CC(O)(O)O. The molecule has 0 aromatic rings. The lowest BCUT2D eigenvalue weighted by Gasteiger charge is -2.59. The Balaban J connectivity index is 1.64. The summed E-state index contributed by atoms with van der Waals surface area (Å²) in [5.41, 5.74) is 0.00190. The number of hydrogen-bond donors (Lipinski definition) is 3. The maximum absolute atomic E-state index is 13.4. The lowest BCUT2D eigenvalue weighted by Crippen LogP contribution is -2.57. The van der Waals surface area contributed by atoms with E-state index in [1.54, 1.807) is 0 Å². The number of aliphatic hydroxyl groups is 3. The van der Waals surface area contributed by atoms with Crippen molar-refractivity contribution in [3.63, 3.8) is 0 Å². The summed E-state index contributed by atoms with van der Waals surface area (Å²) in [5, 5.41) is 28.5. The molecule has 0 aromatic heterocycles. The van der Waals surface area contributed by atoms with E-state index in [4.69, 9.17) is 0 Å². The van der Waals surface area contributed by atoms with Crippen LogP contribution in [0, 0.1) is 40.4 Å². The van der Waals surface area contributed by atoms with Crippen LogP contribution >= 0.6 is 0 Å². The Morgan fingerprint density at radius 3 is 2.48 bits per heavy atom. The van der Waals surface area contributed by atoms with Gasteiger partial charge in [-0.1, -0.05) is 26.7 Å². The van der Waals surface area contributed by atoms with Crippen LogP contribution in [0.2, 0.25) is 0 Å². The monoisotopic (exact) mass is 350 g/mol. The van der Waals surface area contributed by atoms with E-state index in [1.165, 1.54) is 32.1 Å². The third-order valence-corrected chi connectivity index (χ3v) is 8.98. The fraction of sp³-hybridized carbons (Fsp3) is 0.952. The quantitative estimate of drug-likeness (QED) is 0.668. The molecule has 142 valence electrons. The molecular formula is C21H34O4. The molecule has 0 saturated heterocycles. The van der Waals surface area contributed by atoms with Crippen molar-refractivity contribution in [3.05, 3.63) is 0 Å². The van der Waals surface area contributed by atoms with Gasteiger partial charge < -0.3 is 15.3 Å². The second kappa shape index (κ2) is 5.77. The van der Waals surface area contributed by atoms with Gasteiger partial charge in [-0.2, -0.15) is 0 Å². The molecular weight excluding hydrogens is 316 g/mol. The van der Waals surface area contributed by atoms with E-state index in [0.29, 0.717) is 30.0 Å². The molecule has 4 fully saturated rings. The molecule has 4 aliphatic rings. The van der Waals surface area contributed by atoms with Crippen LogP contribution in [0.1, 0.15) is 78.1 Å². The third kappa shape index (κ3) is 2.71. The maximum atomic E-state index is 13.4. The van der Waals surface area contributed by atoms with Crippen LogP contribution in [0.4, 0.5) is 0 Å². The average Bonchev–Trinajstić information content (AvgIpc) is 2.81. The molecule has 4 aliphatic carbocycles. The Labute approximate surface area is 151 Å². The number of hydrogen-bond acceptors (Lipinski definition) is 4. The van der Waals surface area contributed by atoms with Gasteiger partial charge in [0, 0.05) is 18.8 Å². The van der Waals surface area contributed by atoms with Gasteiger partial charge in [0.05, 0.1) is 0 Å². The van der Waals surface area contributed by atoms with E-state index < -0.39 is 5.97 Å². The van der Waals surface area contributed by atoms with E-state index in [-0.39, 0.29) is 29.1 Å². The highest BCUT2D eigenvalue weighted by molar-refractivity contribution is 5.84. The van der Waals surface area contributed by atoms with Crippen molar-refractivity contribution in [1.29, 1.82) is 0 Å². The summed E-state index contributed by atoms with van der Waals surface area (Å²) in [6.07, 6.45) is 9.96. The summed E-state index contributed by atoms with van der Waals surface area (Å²) >= 11 is 0. The zero-order chi connectivity index (χ0) is 18.0. The molecule has 0 radical (unpaired) electrons. The van der Waals surface area contributed by atoms with E-state index >= 15 is 0 Å². The van der Waals surface area contributed by atoms with Crippen molar-refractivity contribution >= 4 is 5.78 Å². The number of ketones is 1. The van der Waals surface area contributed by atoms with Crippen LogP contribution in [0.15, 0.2) is 0 Å². The molecule has 0 aromatic carbocycles. The number of carbonyl (C=O) groups excluding carboxylic acids is 1. The summed E-state index contributed by atoms with van der Waals surface area (Å²) in [6.45, 7) is 4.56. The topological polar surface area (TPSA) is 77.8 Å². The fourth-order valence-corrected chi connectivity index (χ4v) is 7.88. The number of rotatable bonds is 2. The van der Waals surface area contributed by atoms with Gasteiger partial charge in [0.15, 0.2) is 0 Å². The Bertz CT molecular complexity index is 553. The van der Waals surface area contributed by atoms with Crippen molar-refractivity contribution in [2.75, 3.05) is 0 Å². The molecule has 4 rings (SSSR count). The minimum atomic E-state index is -2.62. The zero-order valence-corrected chi connectivity index (χ0v) is 15.7. The van der Waals surface area contributed by atoms with Gasteiger partial charge in [-0.05, 0) is 73.0 Å². The summed E-state index contributed by atoms with van der Waals surface area (Å²) < 4.78 is 0. The summed E-state index contributed by atoms with van der Waals surface area (Å²) in [5.74, 6) is -0.305. The molecule has 3 N–H and O–H groups in total. The van der Waals surface area contributed by atoms with Crippen LogP contribution in [0.25, 0.3) is 0 Å². The Hall–Kier alpha value is -0.450. The van der Waals surface area contributed by atoms with Gasteiger partial charge >= 0.3 is 0 Å². The van der Waals surface area contributed by atoms with Gasteiger partial charge in [0.25, 0.3) is 5.97 Å². The second-order valence-corrected chi connectivity index (χ2v) is 10.2. The highest BCUT2D eigenvalue weighted by Crippen LogP contribution is 2.67. The van der Waals surface area contributed by atoms with E-state index in [0.717, 1.165) is 19.3 Å². The van der Waals surface area contributed by atoms with Gasteiger partial charge in [-0.25, -0.2) is 0 Å². The second-order valence-electron chi connectivity index (χ2n) is 10.2. The van der Waals surface area contributed by atoms with Crippen molar-refractivity contribution in [2.45, 2.75) is 84.0 Å². The summed E-state index contributed by atoms with van der Waals surface area (Å²) in [4.78, 5) is 13.4. The normalized spacial score (nSPS) is 50.1. The van der Waals surface area contributed by atoms with Crippen LogP contribution in [0.3, 0.4) is 0 Å². The third-order valence-electron chi connectivity index (χ3n) is 8.98. The van der Waals surface area contributed by atoms with Crippen LogP contribution in [-0.4, -0.2) is 27.1 Å². The first-order valence-electron chi connectivity index (χ1n) is 10.3. The zero-order valence-electron chi connectivity index (χ0n) is 15.7. The Morgan fingerprint density at radius 2 is 1.76 bits per heavy atom. The van der Waals surface area contributed by atoms with Crippen molar-refractivity contribution in [3.8, 4) is 0 Å². The fourth-order valence-electron chi connectivity index (χ4n) is 7.88. The highest BCUT2D eigenvalue weighted by Gasteiger charge is 2.63. The van der Waals surface area contributed by atoms with Crippen LogP contribution < -0.4 is 0 Å². The molecule has 0 aliphatic heterocycles. The molecule has 4 nitrogen and oxygen atoms in total. The first kappa shape index (κ1) is 17.9. The first-order chi connectivity index (χ1) is 11.7.